The molecule has 1 aliphatic rings. The Balaban J connectivity index is 1.97. The number of carbonyl (C=O) groups excluding carboxylic acids is 1. The number of rotatable bonds is 4. The molecule has 3 nitrogen and oxygen atoms in total. The van der Waals surface area contributed by atoms with E-state index in [-0.39, 0.29) is 5.91 Å². The van der Waals surface area contributed by atoms with Crippen LogP contribution in [0.1, 0.15) is 43.0 Å². The molecule has 0 saturated carbocycles. The molecule has 2 rings (SSSR count). The Bertz CT molecular complexity index is 380. The number of amides is 1. The van der Waals surface area contributed by atoms with Gasteiger partial charge in [0.2, 0.25) is 0 Å². The summed E-state index contributed by atoms with van der Waals surface area (Å²) in [5.41, 5.74) is 0.765. The highest BCUT2D eigenvalue weighted by molar-refractivity contribution is 5.94. The van der Waals surface area contributed by atoms with Gasteiger partial charge in [0, 0.05) is 18.7 Å². The molecule has 0 aromatic heterocycles. The first-order valence-corrected chi connectivity index (χ1v) is 6.83. The van der Waals surface area contributed by atoms with Gasteiger partial charge in [0.1, 0.15) is 5.75 Å². The van der Waals surface area contributed by atoms with Gasteiger partial charge in [-0.1, -0.05) is 6.92 Å². The summed E-state index contributed by atoms with van der Waals surface area (Å²) >= 11 is 0. The van der Waals surface area contributed by atoms with E-state index in [1.807, 2.05) is 29.2 Å². The molecule has 1 aromatic carbocycles. The van der Waals surface area contributed by atoms with Crippen molar-refractivity contribution in [1.82, 2.24) is 4.90 Å². The number of ether oxygens (including phenoxy) is 1. The van der Waals surface area contributed by atoms with E-state index >= 15 is 0 Å². The van der Waals surface area contributed by atoms with E-state index in [1.165, 1.54) is 6.42 Å². The van der Waals surface area contributed by atoms with Crippen molar-refractivity contribution >= 4 is 5.91 Å². The normalized spacial score (nSPS) is 15.5. The van der Waals surface area contributed by atoms with E-state index in [1.54, 1.807) is 0 Å². The average molecular weight is 247 g/mol. The van der Waals surface area contributed by atoms with E-state index in [0.29, 0.717) is 0 Å². The Hall–Kier alpha value is -1.51. The lowest BCUT2D eigenvalue weighted by Gasteiger charge is -2.26. The van der Waals surface area contributed by atoms with Crippen LogP contribution in [0.4, 0.5) is 0 Å². The Morgan fingerprint density at radius 3 is 2.44 bits per heavy atom. The molecule has 1 aliphatic heterocycles. The standard InChI is InChI=1S/C15H21NO2/c1-2-12-18-14-8-6-13(7-9-14)15(17)16-10-4-3-5-11-16/h6-9H,2-5,10-12H2,1H3. The van der Waals surface area contributed by atoms with Gasteiger partial charge in [-0.3, -0.25) is 4.79 Å². The van der Waals surface area contributed by atoms with Gasteiger partial charge >= 0.3 is 0 Å². The Kier molecular flexibility index (Phi) is 4.62. The van der Waals surface area contributed by atoms with Gasteiger partial charge in [-0.15, -0.1) is 0 Å². The highest BCUT2D eigenvalue weighted by atomic mass is 16.5. The first-order valence-electron chi connectivity index (χ1n) is 6.83. The number of hydrogen-bond donors (Lipinski definition) is 0. The molecule has 0 bridgehead atoms. The highest BCUT2D eigenvalue weighted by Gasteiger charge is 2.17. The third kappa shape index (κ3) is 3.25. The number of nitrogens with zero attached hydrogens (tertiary/aromatic N) is 1. The summed E-state index contributed by atoms with van der Waals surface area (Å²) in [6.45, 7) is 4.59. The fraction of sp³-hybridized carbons (Fsp3) is 0.533. The number of hydrogen-bond acceptors (Lipinski definition) is 2. The number of piperidine rings is 1. The van der Waals surface area contributed by atoms with Gasteiger partial charge in [-0.25, -0.2) is 0 Å². The predicted octanol–water partition coefficient (Wildman–Crippen LogP) is 3.10. The first kappa shape index (κ1) is 12.9. The van der Waals surface area contributed by atoms with Crippen molar-refractivity contribution < 1.29 is 9.53 Å². The minimum absolute atomic E-state index is 0.150. The SMILES string of the molecule is CCCOc1ccc(C(=O)N2CCCCC2)cc1. The summed E-state index contributed by atoms with van der Waals surface area (Å²) < 4.78 is 5.51. The summed E-state index contributed by atoms with van der Waals surface area (Å²) in [4.78, 5) is 14.2. The summed E-state index contributed by atoms with van der Waals surface area (Å²) in [6.07, 6.45) is 4.49. The highest BCUT2D eigenvalue weighted by Crippen LogP contribution is 2.16. The van der Waals surface area contributed by atoms with Crippen LogP contribution in [0.25, 0.3) is 0 Å². The van der Waals surface area contributed by atoms with E-state index < -0.39 is 0 Å². The maximum absolute atomic E-state index is 12.2. The largest absolute Gasteiger partial charge is 0.494 e. The van der Waals surface area contributed by atoms with Crippen molar-refractivity contribution in [3.05, 3.63) is 29.8 Å². The number of likely N-dealkylation sites (tertiary alicyclic amines) is 1. The predicted molar refractivity (Wildman–Crippen MR) is 72.0 cm³/mol. The van der Waals surface area contributed by atoms with Crippen molar-refractivity contribution in [2.45, 2.75) is 32.6 Å². The van der Waals surface area contributed by atoms with Crippen LogP contribution in [-0.4, -0.2) is 30.5 Å². The molecule has 1 aromatic rings. The lowest BCUT2D eigenvalue weighted by atomic mass is 10.1. The molecule has 0 aliphatic carbocycles. The zero-order chi connectivity index (χ0) is 12.8. The molecule has 1 saturated heterocycles. The molecule has 98 valence electrons. The fourth-order valence-corrected chi connectivity index (χ4v) is 2.19. The maximum atomic E-state index is 12.2. The smallest absolute Gasteiger partial charge is 0.253 e. The lowest BCUT2D eigenvalue weighted by Crippen LogP contribution is -2.35. The third-order valence-corrected chi connectivity index (χ3v) is 3.22. The van der Waals surface area contributed by atoms with Crippen LogP contribution in [0.15, 0.2) is 24.3 Å². The van der Waals surface area contributed by atoms with Crippen molar-refractivity contribution in [3.63, 3.8) is 0 Å². The molecule has 1 amide bonds. The second-order valence-electron chi connectivity index (χ2n) is 4.73. The molecule has 0 N–H and O–H groups in total. The number of benzene rings is 1. The number of carbonyl (C=O) groups is 1. The van der Waals surface area contributed by atoms with Gasteiger partial charge in [0.25, 0.3) is 5.91 Å². The van der Waals surface area contributed by atoms with E-state index in [2.05, 4.69) is 6.92 Å². The molecule has 0 radical (unpaired) electrons. The van der Waals surface area contributed by atoms with Gasteiger partial charge in [-0.05, 0) is 49.9 Å². The molecule has 0 atom stereocenters. The topological polar surface area (TPSA) is 29.5 Å². The molecule has 18 heavy (non-hydrogen) atoms. The zero-order valence-electron chi connectivity index (χ0n) is 11.0. The Morgan fingerprint density at radius 1 is 1.17 bits per heavy atom. The van der Waals surface area contributed by atoms with Crippen molar-refractivity contribution in [3.8, 4) is 5.75 Å². The van der Waals surface area contributed by atoms with Crippen LogP contribution in [0.2, 0.25) is 0 Å². The monoisotopic (exact) mass is 247 g/mol. The summed E-state index contributed by atoms with van der Waals surface area (Å²) in [5.74, 6) is 0.990. The Morgan fingerprint density at radius 2 is 1.83 bits per heavy atom. The molecule has 0 spiro atoms. The molecule has 0 unspecified atom stereocenters. The van der Waals surface area contributed by atoms with Crippen molar-refractivity contribution in [2.75, 3.05) is 19.7 Å². The minimum Gasteiger partial charge on any atom is -0.494 e. The fourth-order valence-electron chi connectivity index (χ4n) is 2.19. The molecule has 1 heterocycles. The quantitative estimate of drug-likeness (QED) is 0.818. The van der Waals surface area contributed by atoms with Gasteiger partial charge in [-0.2, -0.15) is 0 Å². The second kappa shape index (κ2) is 6.43. The molecular weight excluding hydrogens is 226 g/mol. The van der Waals surface area contributed by atoms with Crippen LogP contribution in [0.5, 0.6) is 5.75 Å². The lowest BCUT2D eigenvalue weighted by molar-refractivity contribution is 0.0724. The zero-order valence-corrected chi connectivity index (χ0v) is 11.0. The van der Waals surface area contributed by atoms with Gasteiger partial charge in [0.05, 0.1) is 6.61 Å². The van der Waals surface area contributed by atoms with Crippen LogP contribution < -0.4 is 4.74 Å². The summed E-state index contributed by atoms with van der Waals surface area (Å²) in [5, 5.41) is 0. The van der Waals surface area contributed by atoms with E-state index in [4.69, 9.17) is 4.74 Å². The second-order valence-corrected chi connectivity index (χ2v) is 4.73. The van der Waals surface area contributed by atoms with Crippen LogP contribution in [-0.2, 0) is 0 Å². The first-order chi connectivity index (χ1) is 8.81. The third-order valence-electron chi connectivity index (χ3n) is 3.22. The van der Waals surface area contributed by atoms with Gasteiger partial charge in [0.15, 0.2) is 0 Å². The van der Waals surface area contributed by atoms with Crippen LogP contribution in [0.3, 0.4) is 0 Å². The minimum atomic E-state index is 0.150. The molecule has 3 heteroatoms. The maximum Gasteiger partial charge on any atom is 0.253 e. The van der Waals surface area contributed by atoms with Crippen molar-refractivity contribution in [2.24, 2.45) is 0 Å². The average Bonchev–Trinajstić information content (AvgIpc) is 2.46. The van der Waals surface area contributed by atoms with Crippen molar-refractivity contribution in [1.29, 1.82) is 0 Å². The van der Waals surface area contributed by atoms with E-state index in [0.717, 1.165) is 50.3 Å². The molecule has 1 fully saturated rings. The van der Waals surface area contributed by atoms with Crippen LogP contribution >= 0.6 is 0 Å². The Labute approximate surface area is 109 Å². The van der Waals surface area contributed by atoms with Gasteiger partial charge < -0.3 is 9.64 Å². The van der Waals surface area contributed by atoms with Crippen LogP contribution in [0, 0.1) is 0 Å². The summed E-state index contributed by atoms with van der Waals surface area (Å²) in [7, 11) is 0. The van der Waals surface area contributed by atoms with E-state index in [9.17, 15) is 4.79 Å². The molecular formula is C15H21NO2. The summed E-state index contributed by atoms with van der Waals surface area (Å²) in [6, 6.07) is 7.49.